The summed E-state index contributed by atoms with van der Waals surface area (Å²) in [6.45, 7) is 1.84. The standard InChI is InChI=1S/C25H29N5O3S/c1-28(2)19-12-10-18(11-13-19)26-22(31)17-34-25-27-21-8-4-3-7-20(21)24(33)30(25)16-6-15-29-14-5-9-23(29)32/h3-4,7-8,10-13H,5-6,9,14-17H2,1-2H3,(H,26,31). The molecule has 0 unspecified atom stereocenters. The van der Waals surface area contributed by atoms with Crippen molar-refractivity contribution in [2.45, 2.75) is 31.0 Å². The van der Waals surface area contributed by atoms with Gasteiger partial charge in [-0.1, -0.05) is 23.9 Å². The van der Waals surface area contributed by atoms with Crippen molar-refractivity contribution in [3.8, 4) is 0 Å². The van der Waals surface area contributed by atoms with Crippen molar-refractivity contribution in [3.63, 3.8) is 0 Å². The number of benzene rings is 2. The van der Waals surface area contributed by atoms with Gasteiger partial charge in [-0.05, 0) is 49.2 Å². The number of thioether (sulfide) groups is 1. The van der Waals surface area contributed by atoms with Gasteiger partial charge in [-0.15, -0.1) is 0 Å². The maximum absolute atomic E-state index is 13.2. The topological polar surface area (TPSA) is 87.5 Å². The molecule has 2 amide bonds. The lowest BCUT2D eigenvalue weighted by molar-refractivity contribution is -0.127. The molecule has 0 bridgehead atoms. The van der Waals surface area contributed by atoms with E-state index in [0.717, 1.165) is 24.3 Å². The molecule has 9 heteroatoms. The molecule has 1 fully saturated rings. The maximum Gasteiger partial charge on any atom is 0.262 e. The molecule has 8 nitrogen and oxygen atoms in total. The van der Waals surface area contributed by atoms with Gasteiger partial charge in [0.1, 0.15) is 0 Å². The number of aromatic nitrogens is 2. The number of fused-ring (bicyclic) bond motifs is 1. The molecule has 1 aromatic heterocycles. The first-order valence-corrected chi connectivity index (χ1v) is 12.4. The fourth-order valence-corrected chi connectivity index (χ4v) is 4.81. The van der Waals surface area contributed by atoms with Crippen LogP contribution in [0.5, 0.6) is 0 Å². The summed E-state index contributed by atoms with van der Waals surface area (Å²) >= 11 is 1.25. The van der Waals surface area contributed by atoms with Gasteiger partial charge in [0, 0.05) is 51.5 Å². The van der Waals surface area contributed by atoms with Crippen LogP contribution < -0.4 is 15.8 Å². The van der Waals surface area contributed by atoms with Gasteiger partial charge in [-0.2, -0.15) is 0 Å². The Hall–Kier alpha value is -3.33. The number of nitrogens with one attached hydrogen (secondary N) is 1. The van der Waals surface area contributed by atoms with Crippen LogP contribution in [-0.2, 0) is 16.1 Å². The Labute approximate surface area is 203 Å². The van der Waals surface area contributed by atoms with Crippen LogP contribution in [0.2, 0.25) is 0 Å². The van der Waals surface area contributed by atoms with Gasteiger partial charge in [0.05, 0.1) is 16.7 Å². The third-order valence-electron chi connectivity index (χ3n) is 5.81. The summed E-state index contributed by atoms with van der Waals surface area (Å²) in [5.41, 5.74) is 2.25. The van der Waals surface area contributed by atoms with Crippen molar-refractivity contribution >= 4 is 45.9 Å². The van der Waals surface area contributed by atoms with Crippen molar-refractivity contribution in [3.05, 3.63) is 58.9 Å². The number of anilines is 2. The second-order valence-corrected chi connectivity index (χ2v) is 9.43. The number of carbonyl (C=O) groups excluding carboxylic acids is 2. The zero-order chi connectivity index (χ0) is 24.1. The lowest BCUT2D eigenvalue weighted by atomic mass is 10.2. The highest BCUT2D eigenvalue weighted by atomic mass is 32.2. The number of para-hydroxylation sites is 1. The van der Waals surface area contributed by atoms with Crippen molar-refractivity contribution in [1.29, 1.82) is 0 Å². The second-order valence-electron chi connectivity index (χ2n) is 8.48. The third kappa shape index (κ3) is 5.59. The average Bonchev–Trinajstić information content (AvgIpc) is 3.24. The van der Waals surface area contributed by atoms with E-state index in [-0.39, 0.29) is 23.1 Å². The first-order valence-electron chi connectivity index (χ1n) is 11.4. The predicted molar refractivity (Wildman–Crippen MR) is 137 cm³/mol. The Kier molecular flexibility index (Phi) is 7.52. The smallest absolute Gasteiger partial charge is 0.262 e. The molecule has 0 saturated carbocycles. The van der Waals surface area contributed by atoms with Crippen molar-refractivity contribution in [2.75, 3.05) is 43.2 Å². The average molecular weight is 480 g/mol. The van der Waals surface area contributed by atoms with Gasteiger partial charge < -0.3 is 15.1 Å². The summed E-state index contributed by atoms with van der Waals surface area (Å²) < 4.78 is 1.63. The zero-order valence-electron chi connectivity index (χ0n) is 19.5. The van der Waals surface area contributed by atoms with Crippen LogP contribution in [0.15, 0.2) is 58.5 Å². The highest BCUT2D eigenvalue weighted by Crippen LogP contribution is 2.20. The molecule has 3 aromatic rings. The van der Waals surface area contributed by atoms with Crippen LogP contribution >= 0.6 is 11.8 Å². The van der Waals surface area contributed by atoms with E-state index in [2.05, 4.69) is 10.3 Å². The number of nitrogens with zero attached hydrogens (tertiary/aromatic N) is 4. The SMILES string of the molecule is CN(C)c1ccc(NC(=O)CSc2nc3ccccc3c(=O)n2CCCN2CCCC2=O)cc1. The van der Waals surface area contributed by atoms with Crippen LogP contribution in [0.4, 0.5) is 11.4 Å². The summed E-state index contributed by atoms with van der Waals surface area (Å²) in [7, 11) is 3.92. The molecule has 4 rings (SSSR count). The highest BCUT2D eigenvalue weighted by Gasteiger charge is 2.20. The molecule has 34 heavy (non-hydrogen) atoms. The molecular weight excluding hydrogens is 450 g/mol. The summed E-state index contributed by atoms with van der Waals surface area (Å²) in [4.78, 5) is 46.2. The van der Waals surface area contributed by atoms with E-state index < -0.39 is 0 Å². The highest BCUT2D eigenvalue weighted by molar-refractivity contribution is 7.99. The Morgan fingerprint density at radius 3 is 2.56 bits per heavy atom. The van der Waals surface area contributed by atoms with E-state index in [0.29, 0.717) is 42.0 Å². The fourth-order valence-electron chi connectivity index (χ4n) is 3.99. The Morgan fingerprint density at radius 1 is 1.09 bits per heavy atom. The van der Waals surface area contributed by atoms with Gasteiger partial charge in [-0.25, -0.2) is 4.98 Å². The molecule has 2 heterocycles. The maximum atomic E-state index is 13.2. The van der Waals surface area contributed by atoms with Gasteiger partial charge in [-0.3, -0.25) is 19.0 Å². The molecule has 1 N–H and O–H groups in total. The minimum absolute atomic E-state index is 0.125. The second kappa shape index (κ2) is 10.7. The molecule has 0 atom stereocenters. The van der Waals surface area contributed by atoms with Crippen molar-refractivity contribution < 1.29 is 9.59 Å². The molecule has 0 aliphatic carbocycles. The quantitative estimate of drug-likeness (QED) is 0.375. The van der Waals surface area contributed by atoms with E-state index in [1.165, 1.54) is 11.8 Å². The zero-order valence-corrected chi connectivity index (χ0v) is 20.3. The largest absolute Gasteiger partial charge is 0.378 e. The summed E-state index contributed by atoms with van der Waals surface area (Å²) in [6.07, 6.45) is 2.15. The van der Waals surface area contributed by atoms with Crippen molar-refractivity contribution in [1.82, 2.24) is 14.5 Å². The van der Waals surface area contributed by atoms with Crippen LogP contribution in [0, 0.1) is 0 Å². The van der Waals surface area contributed by atoms with Crippen LogP contribution in [0.3, 0.4) is 0 Å². The van der Waals surface area contributed by atoms with Crippen LogP contribution in [-0.4, -0.2) is 59.2 Å². The van der Waals surface area contributed by atoms with E-state index in [4.69, 9.17) is 0 Å². The molecule has 2 aromatic carbocycles. The van der Waals surface area contributed by atoms with Gasteiger partial charge in [0.25, 0.3) is 5.56 Å². The summed E-state index contributed by atoms with van der Waals surface area (Å²) in [5, 5.41) is 3.96. The number of hydrogen-bond donors (Lipinski definition) is 1. The number of hydrogen-bond acceptors (Lipinski definition) is 6. The first-order chi connectivity index (χ1) is 16.4. The van der Waals surface area contributed by atoms with Crippen molar-refractivity contribution in [2.24, 2.45) is 0 Å². The first kappa shape index (κ1) is 23.8. The number of rotatable bonds is 9. The summed E-state index contributed by atoms with van der Waals surface area (Å²) in [6, 6.07) is 14.8. The molecule has 1 saturated heterocycles. The third-order valence-corrected chi connectivity index (χ3v) is 6.78. The van der Waals surface area contributed by atoms with Gasteiger partial charge >= 0.3 is 0 Å². The molecule has 178 valence electrons. The Balaban J connectivity index is 1.46. The number of carbonyl (C=O) groups is 2. The Bertz CT molecular complexity index is 1240. The lowest BCUT2D eigenvalue weighted by Gasteiger charge is -2.17. The van der Waals surface area contributed by atoms with Gasteiger partial charge in [0.2, 0.25) is 11.8 Å². The minimum atomic E-state index is -0.167. The van der Waals surface area contributed by atoms with E-state index >= 15 is 0 Å². The van der Waals surface area contributed by atoms with Crippen LogP contribution in [0.25, 0.3) is 10.9 Å². The molecule has 0 spiro atoms. The number of likely N-dealkylation sites (tertiary alicyclic amines) is 1. The molecule has 1 aliphatic rings. The lowest BCUT2D eigenvalue weighted by Crippen LogP contribution is -2.29. The normalized spacial score (nSPS) is 13.5. The molecule has 1 aliphatic heterocycles. The number of amides is 2. The van der Waals surface area contributed by atoms with E-state index in [9.17, 15) is 14.4 Å². The van der Waals surface area contributed by atoms with E-state index in [1.54, 1.807) is 16.7 Å². The van der Waals surface area contributed by atoms with Gasteiger partial charge in [0.15, 0.2) is 5.16 Å². The molecule has 0 radical (unpaired) electrons. The monoisotopic (exact) mass is 479 g/mol. The predicted octanol–water partition coefficient (Wildman–Crippen LogP) is 3.21. The fraction of sp³-hybridized carbons (Fsp3) is 0.360. The summed E-state index contributed by atoms with van der Waals surface area (Å²) in [5.74, 6) is 0.137. The van der Waals surface area contributed by atoms with E-state index in [1.807, 2.05) is 60.3 Å². The Morgan fingerprint density at radius 2 is 1.85 bits per heavy atom. The van der Waals surface area contributed by atoms with Crippen LogP contribution in [0.1, 0.15) is 19.3 Å². The minimum Gasteiger partial charge on any atom is -0.378 e. The molecular formula is C25H29N5O3S.